The summed E-state index contributed by atoms with van der Waals surface area (Å²) in [5.41, 5.74) is 0.935. The first kappa shape index (κ1) is 27.7. The lowest BCUT2D eigenvalue weighted by Crippen LogP contribution is -2.44. The van der Waals surface area contributed by atoms with Crippen molar-refractivity contribution in [1.82, 2.24) is 0 Å². The zero-order valence-corrected chi connectivity index (χ0v) is 17.5. The van der Waals surface area contributed by atoms with Gasteiger partial charge in [0, 0.05) is 0 Å². The second-order valence-corrected chi connectivity index (χ2v) is 7.09. The first-order chi connectivity index (χ1) is 16.0. The van der Waals surface area contributed by atoms with Gasteiger partial charge in [-0.25, -0.2) is 0 Å². The molecule has 2 rings (SSSR count). The Morgan fingerprint density at radius 3 is 1.29 bits per heavy atom. The van der Waals surface area contributed by atoms with Crippen molar-refractivity contribution in [3.63, 3.8) is 0 Å². The van der Waals surface area contributed by atoms with Crippen LogP contribution in [0.15, 0.2) is 48.5 Å². The fraction of sp³-hybridized carbons (Fsp3) is 0.273. The number of halogens is 9. The van der Waals surface area contributed by atoms with E-state index in [1.807, 2.05) is 0 Å². The third-order valence-electron chi connectivity index (χ3n) is 4.40. The van der Waals surface area contributed by atoms with E-state index >= 15 is 0 Å². The van der Waals surface area contributed by atoms with E-state index in [1.165, 1.54) is 48.6 Å². The fourth-order valence-electron chi connectivity index (χ4n) is 2.45. The predicted octanol–water partition coefficient (Wildman–Crippen LogP) is 6.61. The van der Waals surface area contributed by atoms with Gasteiger partial charge in [0.25, 0.3) is 0 Å². The zero-order valence-electron chi connectivity index (χ0n) is 17.5. The Hall–Kier alpha value is -3.51. The van der Waals surface area contributed by atoms with Gasteiger partial charge in [-0.05, 0) is 42.3 Å². The average Bonchev–Trinajstić information content (AvgIpc) is 2.70. The highest BCUT2D eigenvalue weighted by Gasteiger charge is 2.62. The van der Waals surface area contributed by atoms with Crippen LogP contribution in [0, 0.1) is 11.8 Å². The third kappa shape index (κ3) is 8.04. The van der Waals surface area contributed by atoms with Gasteiger partial charge in [0.05, 0.1) is 0 Å². The minimum atomic E-state index is -5.87. The van der Waals surface area contributed by atoms with Crippen LogP contribution in [-0.2, 0) is 9.59 Å². The second-order valence-electron chi connectivity index (χ2n) is 7.09. The molecule has 0 N–H and O–H groups in total. The van der Waals surface area contributed by atoms with E-state index in [-0.39, 0.29) is 5.75 Å². The highest BCUT2D eigenvalue weighted by atomic mass is 19.4. The van der Waals surface area contributed by atoms with E-state index in [0.717, 1.165) is 12.1 Å². The number of benzene rings is 2. The van der Waals surface area contributed by atoms with Crippen LogP contribution in [0.25, 0.3) is 12.2 Å². The first-order valence-electron chi connectivity index (χ1n) is 9.50. The SMILES string of the molecule is CC(C(=O)Oc1ccc(/C=C/c2ccc(OC(=O)C(C(F)(F)F)C(F)(F)F)cc2)cc1)C(F)(F)F. The van der Waals surface area contributed by atoms with Crippen LogP contribution in [0.2, 0.25) is 0 Å². The van der Waals surface area contributed by atoms with Crippen LogP contribution in [0.3, 0.4) is 0 Å². The van der Waals surface area contributed by atoms with E-state index in [2.05, 4.69) is 9.47 Å². The Morgan fingerprint density at radius 2 is 0.971 bits per heavy atom. The molecule has 2 aromatic rings. The van der Waals surface area contributed by atoms with Crippen molar-refractivity contribution in [3.05, 3.63) is 59.7 Å². The molecule has 0 heterocycles. The van der Waals surface area contributed by atoms with Gasteiger partial charge in [-0.15, -0.1) is 0 Å². The molecular weight excluding hydrogens is 499 g/mol. The van der Waals surface area contributed by atoms with Gasteiger partial charge in [0.2, 0.25) is 5.92 Å². The molecule has 2 aromatic carbocycles. The van der Waals surface area contributed by atoms with Crippen molar-refractivity contribution in [3.8, 4) is 11.5 Å². The molecule has 0 amide bonds. The largest absolute Gasteiger partial charge is 0.426 e. The van der Waals surface area contributed by atoms with Crippen LogP contribution in [0.1, 0.15) is 18.1 Å². The maximum Gasteiger partial charge on any atom is 0.411 e. The second kappa shape index (κ2) is 10.4. The molecular formula is C22H15F9O4. The quantitative estimate of drug-likeness (QED) is 0.189. The van der Waals surface area contributed by atoms with Crippen LogP contribution < -0.4 is 9.47 Å². The van der Waals surface area contributed by atoms with Crippen molar-refractivity contribution in [2.24, 2.45) is 11.8 Å². The molecule has 4 nitrogen and oxygen atoms in total. The topological polar surface area (TPSA) is 52.6 Å². The van der Waals surface area contributed by atoms with Gasteiger partial charge >= 0.3 is 30.5 Å². The lowest BCUT2D eigenvalue weighted by molar-refractivity contribution is -0.279. The van der Waals surface area contributed by atoms with Crippen molar-refractivity contribution in [2.45, 2.75) is 25.5 Å². The van der Waals surface area contributed by atoms with Gasteiger partial charge in [-0.3, -0.25) is 9.59 Å². The maximum absolute atomic E-state index is 12.6. The van der Waals surface area contributed by atoms with Crippen LogP contribution in [0.5, 0.6) is 11.5 Å². The van der Waals surface area contributed by atoms with Crippen molar-refractivity contribution in [2.75, 3.05) is 0 Å². The molecule has 0 radical (unpaired) electrons. The molecule has 1 unspecified atom stereocenters. The Kier molecular flexibility index (Phi) is 8.24. The Morgan fingerprint density at radius 1 is 0.629 bits per heavy atom. The number of carbonyl (C=O) groups is 2. The number of alkyl halides is 9. The molecule has 1 atom stereocenters. The number of ether oxygens (including phenoxy) is 2. The summed E-state index contributed by atoms with van der Waals surface area (Å²) in [5.74, 6) is -11.2. The molecule has 0 saturated heterocycles. The van der Waals surface area contributed by atoms with Gasteiger partial charge in [0.15, 0.2) is 0 Å². The van der Waals surface area contributed by atoms with Crippen molar-refractivity contribution >= 4 is 24.1 Å². The van der Waals surface area contributed by atoms with E-state index in [0.29, 0.717) is 18.1 Å². The summed E-state index contributed by atoms with van der Waals surface area (Å²) < 4.78 is 122. The van der Waals surface area contributed by atoms with Crippen molar-refractivity contribution < 1.29 is 58.6 Å². The monoisotopic (exact) mass is 514 g/mol. The van der Waals surface area contributed by atoms with E-state index in [1.54, 1.807) is 0 Å². The van der Waals surface area contributed by atoms with Crippen molar-refractivity contribution in [1.29, 1.82) is 0 Å². The highest BCUT2D eigenvalue weighted by molar-refractivity contribution is 5.77. The number of carbonyl (C=O) groups excluding carboxylic acids is 2. The Labute approximate surface area is 191 Å². The summed E-state index contributed by atoms with van der Waals surface area (Å²) in [6.07, 6.45) is -13.5. The predicted molar refractivity (Wildman–Crippen MR) is 104 cm³/mol. The number of hydrogen-bond donors (Lipinski definition) is 0. The summed E-state index contributed by atoms with van der Waals surface area (Å²) in [4.78, 5) is 22.9. The van der Waals surface area contributed by atoms with E-state index in [9.17, 15) is 49.1 Å². The van der Waals surface area contributed by atoms with Gasteiger partial charge < -0.3 is 9.47 Å². The van der Waals surface area contributed by atoms with Crippen LogP contribution in [0.4, 0.5) is 39.5 Å². The molecule has 13 heteroatoms. The van der Waals surface area contributed by atoms with Gasteiger partial charge in [-0.1, -0.05) is 36.4 Å². The summed E-state index contributed by atoms with van der Waals surface area (Å²) >= 11 is 0. The van der Waals surface area contributed by atoms with Gasteiger partial charge in [-0.2, -0.15) is 39.5 Å². The molecule has 0 fully saturated rings. The first-order valence-corrected chi connectivity index (χ1v) is 9.50. The maximum atomic E-state index is 12.6. The molecule has 0 aromatic heterocycles. The number of rotatable bonds is 6. The Bertz CT molecular complexity index is 1040. The lowest BCUT2D eigenvalue weighted by atomic mass is 10.1. The normalized spacial score (nSPS) is 13.7. The standard InChI is InChI=1S/C22H15F9O4/c1-12(20(23,24)25)18(32)34-15-8-4-13(5-9-15)2-3-14-6-10-16(11-7-14)35-19(33)17(21(26,27)28)22(29,30)31/h2-12,17H,1H3/b3-2+. The molecule has 0 aliphatic rings. The molecule has 0 aliphatic carbocycles. The highest BCUT2D eigenvalue weighted by Crippen LogP contribution is 2.40. The number of hydrogen-bond acceptors (Lipinski definition) is 4. The minimum absolute atomic E-state index is 0.120. The lowest BCUT2D eigenvalue weighted by Gasteiger charge is -2.21. The van der Waals surface area contributed by atoms with Gasteiger partial charge in [0.1, 0.15) is 17.4 Å². The summed E-state index contributed by atoms with van der Waals surface area (Å²) in [7, 11) is 0. The third-order valence-corrected chi connectivity index (χ3v) is 4.40. The summed E-state index contributed by atoms with van der Waals surface area (Å²) in [5, 5.41) is 0. The van der Waals surface area contributed by atoms with Crippen LogP contribution in [-0.4, -0.2) is 30.5 Å². The minimum Gasteiger partial charge on any atom is -0.426 e. The average molecular weight is 514 g/mol. The Balaban J connectivity index is 2.01. The fourth-order valence-corrected chi connectivity index (χ4v) is 2.45. The summed E-state index contributed by atoms with van der Waals surface area (Å²) in [6.45, 7) is 0.663. The number of esters is 2. The molecule has 35 heavy (non-hydrogen) atoms. The van der Waals surface area contributed by atoms with Crippen LogP contribution >= 0.6 is 0 Å². The molecule has 0 spiro atoms. The molecule has 0 bridgehead atoms. The van der Waals surface area contributed by atoms with E-state index < -0.39 is 48.1 Å². The van der Waals surface area contributed by atoms with E-state index in [4.69, 9.17) is 0 Å². The smallest absolute Gasteiger partial charge is 0.411 e. The zero-order chi connectivity index (χ0) is 26.6. The molecule has 190 valence electrons. The molecule has 0 aliphatic heterocycles. The summed E-state index contributed by atoms with van der Waals surface area (Å²) in [6, 6.07) is 9.83. The molecule has 0 saturated carbocycles.